The van der Waals surface area contributed by atoms with Crippen molar-refractivity contribution in [1.29, 1.82) is 0 Å². The lowest BCUT2D eigenvalue weighted by Crippen LogP contribution is -2.49. The average Bonchev–Trinajstić information content (AvgIpc) is 3.33. The van der Waals surface area contributed by atoms with Crippen molar-refractivity contribution < 1.29 is 19.1 Å². The van der Waals surface area contributed by atoms with Crippen LogP contribution in [-0.2, 0) is 20.4 Å². The van der Waals surface area contributed by atoms with Gasteiger partial charge in [0.25, 0.3) is 11.8 Å². The summed E-state index contributed by atoms with van der Waals surface area (Å²) in [7, 11) is 12.1. The number of anilines is 2. The second-order valence-corrected chi connectivity index (χ2v) is 16.1. The molecule has 0 fully saturated rings. The van der Waals surface area contributed by atoms with E-state index in [2.05, 4.69) is 65.4 Å². The number of halogens is 1. The third-order valence-corrected chi connectivity index (χ3v) is 11.1. The second-order valence-electron chi connectivity index (χ2n) is 14.4. The van der Waals surface area contributed by atoms with Crippen LogP contribution in [0.3, 0.4) is 0 Å². The summed E-state index contributed by atoms with van der Waals surface area (Å²) in [6.45, 7) is 6.99. The molecule has 1 heterocycles. The van der Waals surface area contributed by atoms with Crippen LogP contribution in [0.2, 0.25) is 0 Å². The average molecular weight is 736 g/mol. The van der Waals surface area contributed by atoms with Gasteiger partial charge in [-0.25, -0.2) is 8.61 Å². The zero-order valence-corrected chi connectivity index (χ0v) is 33.0. The van der Waals surface area contributed by atoms with Gasteiger partial charge in [-0.05, 0) is 91.7 Å². The second kappa shape index (κ2) is 16.6. The quantitative estimate of drug-likeness (QED) is 0.0913. The number of rotatable bonds is 17. The molecule has 0 saturated carbocycles. The standard InChI is InChI=1S/C40H54ClN5O4S/c1-39(2)35-26-29(43(3)4)14-17-32(35)40(33-18-15-30(44(5)6)27-36(33)39)34-25-28(13-16-31(34)38(48)46(40)51-45(7)8)37(47)42-20-22-50-24-23-49-21-12-10-9-11-19-41/h13-18,25-27H,9-12,19-24H2,1-8H3,(H,42,47). The first kappa shape index (κ1) is 38.9. The van der Waals surface area contributed by atoms with Crippen LogP contribution in [0.15, 0.2) is 54.6 Å². The van der Waals surface area contributed by atoms with Crippen molar-refractivity contribution in [3.05, 3.63) is 93.5 Å². The predicted molar refractivity (Wildman–Crippen MR) is 211 cm³/mol. The lowest BCUT2D eigenvalue weighted by Gasteiger charge is -2.49. The van der Waals surface area contributed by atoms with Crippen LogP contribution in [0.25, 0.3) is 0 Å². The minimum atomic E-state index is -0.985. The Hall–Kier alpha value is -3.28. The van der Waals surface area contributed by atoms with Crippen molar-refractivity contribution in [3.8, 4) is 0 Å². The van der Waals surface area contributed by atoms with Crippen molar-refractivity contribution in [2.24, 2.45) is 0 Å². The molecule has 0 radical (unpaired) electrons. The van der Waals surface area contributed by atoms with Crippen molar-refractivity contribution >= 4 is 46.9 Å². The number of ether oxygens (including phenoxy) is 2. The number of unbranched alkanes of at least 4 members (excludes halogenated alkanes) is 3. The topological polar surface area (TPSA) is 77.6 Å². The van der Waals surface area contributed by atoms with Gasteiger partial charge in [0.2, 0.25) is 0 Å². The number of amides is 2. The molecule has 0 saturated heterocycles. The fourth-order valence-corrected chi connectivity index (χ4v) is 8.31. The smallest absolute Gasteiger partial charge is 0.266 e. The number of hydrogen-bond donors (Lipinski definition) is 1. The zero-order valence-electron chi connectivity index (χ0n) is 31.5. The van der Waals surface area contributed by atoms with Gasteiger partial charge in [0.05, 0.1) is 19.8 Å². The molecular formula is C40H54ClN5O4S. The fourth-order valence-electron chi connectivity index (χ4n) is 7.20. The van der Waals surface area contributed by atoms with Gasteiger partial charge in [0, 0.05) is 92.8 Å². The highest BCUT2D eigenvalue weighted by molar-refractivity contribution is 7.95. The van der Waals surface area contributed by atoms with Crippen LogP contribution in [0.5, 0.6) is 0 Å². The first-order valence-corrected chi connectivity index (χ1v) is 19.1. The molecule has 1 aliphatic heterocycles. The fraction of sp³-hybridized carbons (Fsp3) is 0.500. The maximum Gasteiger partial charge on any atom is 0.266 e. The van der Waals surface area contributed by atoms with Crippen LogP contribution < -0.4 is 15.1 Å². The minimum Gasteiger partial charge on any atom is -0.379 e. The maximum absolute atomic E-state index is 14.5. The SMILES string of the molecule is CN(C)SN1C(=O)c2ccc(C(=O)NCCOCCOCCCCCCCl)cc2C12c1ccc(N(C)C)cc1C(C)(C)c1cc(N(C)C)ccc12. The summed E-state index contributed by atoms with van der Waals surface area (Å²) in [5.74, 6) is 0.412. The molecule has 1 spiro atoms. The van der Waals surface area contributed by atoms with Crippen LogP contribution in [-0.4, -0.2) is 102 Å². The molecule has 2 aliphatic rings. The molecule has 5 rings (SSSR count). The molecule has 51 heavy (non-hydrogen) atoms. The van der Waals surface area contributed by atoms with E-state index >= 15 is 0 Å². The molecule has 1 aliphatic carbocycles. The predicted octanol–water partition coefficient (Wildman–Crippen LogP) is 6.89. The summed E-state index contributed by atoms with van der Waals surface area (Å²) in [6.07, 6.45) is 4.32. The van der Waals surface area contributed by atoms with Gasteiger partial charge in [-0.3, -0.25) is 9.59 Å². The number of benzene rings is 3. The van der Waals surface area contributed by atoms with E-state index in [9.17, 15) is 9.59 Å². The Morgan fingerprint density at radius 2 is 1.33 bits per heavy atom. The first-order chi connectivity index (χ1) is 24.3. The molecule has 276 valence electrons. The monoisotopic (exact) mass is 735 g/mol. The summed E-state index contributed by atoms with van der Waals surface area (Å²) < 4.78 is 15.2. The molecule has 0 bridgehead atoms. The van der Waals surface area contributed by atoms with Crippen LogP contribution in [0.4, 0.5) is 11.4 Å². The summed E-state index contributed by atoms with van der Waals surface area (Å²) in [4.78, 5) is 32.4. The van der Waals surface area contributed by atoms with E-state index < -0.39 is 5.54 Å². The lowest BCUT2D eigenvalue weighted by molar-refractivity contribution is 0.0468. The highest BCUT2D eigenvalue weighted by Crippen LogP contribution is 2.60. The maximum atomic E-state index is 14.5. The van der Waals surface area contributed by atoms with Crippen molar-refractivity contribution in [2.75, 3.05) is 90.9 Å². The van der Waals surface area contributed by atoms with Crippen LogP contribution in [0, 0.1) is 0 Å². The number of fused-ring (bicyclic) bond motifs is 6. The van der Waals surface area contributed by atoms with E-state index in [1.807, 2.05) is 63.0 Å². The van der Waals surface area contributed by atoms with E-state index in [1.165, 1.54) is 12.1 Å². The summed E-state index contributed by atoms with van der Waals surface area (Å²) in [6, 6.07) is 18.6. The molecule has 0 aromatic heterocycles. The van der Waals surface area contributed by atoms with E-state index in [1.54, 1.807) is 6.07 Å². The van der Waals surface area contributed by atoms with E-state index in [-0.39, 0.29) is 17.2 Å². The molecule has 9 nitrogen and oxygen atoms in total. The number of hydrogen-bond acceptors (Lipinski definition) is 8. The molecule has 3 aromatic carbocycles. The van der Waals surface area contributed by atoms with E-state index in [0.29, 0.717) is 43.4 Å². The Labute approximate surface area is 313 Å². The third kappa shape index (κ3) is 7.76. The molecular weight excluding hydrogens is 682 g/mol. The normalized spacial score (nSPS) is 15.2. The Kier molecular flexibility index (Phi) is 12.7. The summed E-state index contributed by atoms with van der Waals surface area (Å²) in [5, 5.41) is 3.02. The van der Waals surface area contributed by atoms with Gasteiger partial charge < -0.3 is 24.6 Å². The first-order valence-electron chi connectivity index (χ1n) is 17.8. The van der Waals surface area contributed by atoms with Crippen LogP contribution in [0.1, 0.15) is 88.1 Å². The number of nitrogens with zero attached hydrogens (tertiary/aromatic N) is 4. The Balaban J connectivity index is 1.48. The van der Waals surface area contributed by atoms with Gasteiger partial charge >= 0.3 is 0 Å². The van der Waals surface area contributed by atoms with Crippen molar-refractivity contribution in [1.82, 2.24) is 13.9 Å². The van der Waals surface area contributed by atoms with Crippen LogP contribution >= 0.6 is 23.7 Å². The van der Waals surface area contributed by atoms with E-state index in [0.717, 1.165) is 71.5 Å². The van der Waals surface area contributed by atoms with E-state index in [4.69, 9.17) is 21.1 Å². The number of nitrogens with one attached hydrogen (secondary N) is 1. The number of carbonyl (C=O) groups is 2. The van der Waals surface area contributed by atoms with Gasteiger partial charge in [-0.2, -0.15) is 0 Å². The molecule has 2 amide bonds. The number of alkyl halides is 1. The Morgan fingerprint density at radius 3 is 1.90 bits per heavy atom. The van der Waals surface area contributed by atoms with Crippen molar-refractivity contribution in [2.45, 2.75) is 50.5 Å². The van der Waals surface area contributed by atoms with Gasteiger partial charge in [-0.1, -0.05) is 38.8 Å². The third-order valence-electron chi connectivity index (χ3n) is 9.88. The molecule has 11 heteroatoms. The highest BCUT2D eigenvalue weighted by atomic mass is 35.5. The molecule has 3 aromatic rings. The van der Waals surface area contributed by atoms with Gasteiger partial charge in [0.15, 0.2) is 0 Å². The van der Waals surface area contributed by atoms with Gasteiger partial charge in [-0.15, -0.1) is 11.6 Å². The molecule has 0 atom stereocenters. The largest absolute Gasteiger partial charge is 0.379 e. The molecule has 0 unspecified atom stereocenters. The minimum absolute atomic E-state index is 0.0912. The lowest BCUT2D eigenvalue weighted by atomic mass is 9.60. The highest BCUT2D eigenvalue weighted by Gasteiger charge is 2.59. The molecule has 1 N–H and O–H groups in total. The Morgan fingerprint density at radius 1 is 0.745 bits per heavy atom. The zero-order chi connectivity index (χ0) is 36.9. The summed E-state index contributed by atoms with van der Waals surface area (Å²) in [5.41, 5.74) is 7.06. The number of carbonyl (C=O) groups excluding carboxylic acids is 2. The Bertz CT molecular complexity index is 1650. The summed E-state index contributed by atoms with van der Waals surface area (Å²) >= 11 is 7.12. The van der Waals surface area contributed by atoms with Gasteiger partial charge in [0.1, 0.15) is 5.54 Å². The van der Waals surface area contributed by atoms with Crippen molar-refractivity contribution in [3.63, 3.8) is 0 Å².